The van der Waals surface area contributed by atoms with Crippen LogP contribution in [0.3, 0.4) is 0 Å². The molecule has 8 heteroatoms. The van der Waals surface area contributed by atoms with E-state index >= 15 is 0 Å². The number of nitrogens with zero attached hydrogens (tertiary/aromatic N) is 2. The molecule has 1 saturated heterocycles. The maximum absolute atomic E-state index is 13.0. The van der Waals surface area contributed by atoms with E-state index in [0.29, 0.717) is 43.4 Å². The number of benzene rings is 2. The van der Waals surface area contributed by atoms with E-state index in [9.17, 15) is 9.59 Å². The Bertz CT molecular complexity index is 1270. The summed E-state index contributed by atoms with van der Waals surface area (Å²) in [5.74, 6) is 1.45. The number of carbonyl (C=O) groups is 2. The molecule has 33 heavy (non-hydrogen) atoms. The molecule has 2 aromatic carbocycles. The van der Waals surface area contributed by atoms with Crippen LogP contribution in [0.15, 0.2) is 48.4 Å². The summed E-state index contributed by atoms with van der Waals surface area (Å²) in [5, 5.41) is 0.969. The van der Waals surface area contributed by atoms with Gasteiger partial charge in [0.05, 0.1) is 25.9 Å². The topological polar surface area (TPSA) is 79.2 Å². The summed E-state index contributed by atoms with van der Waals surface area (Å²) < 4.78 is 24.1. The Morgan fingerprint density at radius 1 is 1.12 bits per heavy atom. The molecule has 0 radical (unpaired) electrons. The van der Waals surface area contributed by atoms with Crippen LogP contribution in [0.25, 0.3) is 17.0 Å². The smallest absolute Gasteiger partial charge is 0.415 e. The maximum atomic E-state index is 13.0. The van der Waals surface area contributed by atoms with Gasteiger partial charge in [0.1, 0.15) is 17.2 Å². The molecule has 0 N–H and O–H groups in total. The van der Waals surface area contributed by atoms with Gasteiger partial charge in [-0.3, -0.25) is 4.79 Å². The molecule has 2 aliphatic rings. The van der Waals surface area contributed by atoms with E-state index in [1.54, 1.807) is 36.3 Å². The summed E-state index contributed by atoms with van der Waals surface area (Å²) in [4.78, 5) is 26.9. The van der Waals surface area contributed by atoms with Gasteiger partial charge >= 0.3 is 6.09 Å². The molecule has 1 amide bonds. The van der Waals surface area contributed by atoms with Gasteiger partial charge in [0.25, 0.3) is 0 Å². The fourth-order valence-electron chi connectivity index (χ4n) is 4.09. The second kappa shape index (κ2) is 8.63. The van der Waals surface area contributed by atoms with Crippen molar-refractivity contribution >= 4 is 28.9 Å². The number of hydrogen-bond acceptors (Lipinski definition) is 6. The summed E-state index contributed by atoms with van der Waals surface area (Å²) in [6.07, 6.45) is 3.29. The van der Waals surface area contributed by atoms with Crippen molar-refractivity contribution in [2.75, 3.05) is 33.4 Å². The fraction of sp³-hybridized carbons (Fsp3) is 0.280. The minimum atomic E-state index is -0.445. The average molecular weight is 448 g/mol. The monoisotopic (exact) mass is 448 g/mol. The molecule has 1 fully saturated rings. The number of ether oxygens (including phenoxy) is 4. The number of aromatic nitrogens is 1. The molecule has 2 aliphatic heterocycles. The Balaban J connectivity index is 1.41. The van der Waals surface area contributed by atoms with Gasteiger partial charge in [0, 0.05) is 48.4 Å². The van der Waals surface area contributed by atoms with Crippen molar-refractivity contribution < 1.29 is 28.5 Å². The molecular formula is C25H24N2O6. The first-order chi connectivity index (χ1) is 16.1. The van der Waals surface area contributed by atoms with Crippen LogP contribution < -0.4 is 14.2 Å². The molecule has 1 aromatic heterocycles. The van der Waals surface area contributed by atoms with E-state index in [1.165, 1.54) is 0 Å². The zero-order valence-electron chi connectivity index (χ0n) is 18.5. The van der Waals surface area contributed by atoms with E-state index in [1.807, 2.05) is 24.4 Å². The Morgan fingerprint density at radius 2 is 1.91 bits per heavy atom. The van der Waals surface area contributed by atoms with Crippen LogP contribution >= 0.6 is 0 Å². The van der Waals surface area contributed by atoms with Crippen LogP contribution in [0.2, 0.25) is 0 Å². The second-order valence-electron chi connectivity index (χ2n) is 7.82. The van der Waals surface area contributed by atoms with Crippen LogP contribution in [0.1, 0.15) is 22.8 Å². The highest BCUT2D eigenvalue weighted by atomic mass is 16.6. The molecule has 0 unspecified atom stereocenters. The van der Waals surface area contributed by atoms with Gasteiger partial charge in [0.15, 0.2) is 5.76 Å². The van der Waals surface area contributed by atoms with Crippen molar-refractivity contribution in [1.29, 1.82) is 0 Å². The average Bonchev–Trinajstić information content (AvgIpc) is 3.36. The largest absolute Gasteiger partial charge is 0.497 e. The third-order valence-electron chi connectivity index (χ3n) is 5.86. The van der Waals surface area contributed by atoms with Crippen LogP contribution in [-0.4, -0.2) is 54.8 Å². The van der Waals surface area contributed by atoms with Crippen LogP contribution in [0.4, 0.5) is 4.79 Å². The third kappa shape index (κ3) is 3.93. The summed E-state index contributed by atoms with van der Waals surface area (Å²) in [6.45, 7) is 4.81. The van der Waals surface area contributed by atoms with Gasteiger partial charge in [-0.05, 0) is 43.3 Å². The van der Waals surface area contributed by atoms with Gasteiger partial charge in [-0.15, -0.1) is 0 Å². The molecule has 8 nitrogen and oxygen atoms in total. The minimum Gasteiger partial charge on any atom is -0.497 e. The number of ketones is 1. The number of amides is 1. The SMILES string of the molecule is CCn1cc(C=C2Oc3cc(OC(=O)N4CCOCC4)ccc3C2=O)c2cc(OC)ccc21. The molecule has 3 heterocycles. The standard InChI is InChI=1S/C25H24N2O6/c1-3-26-15-16(20-13-17(30-2)5-7-21(20)26)12-23-24(28)19-6-4-18(14-22(19)33-23)32-25(29)27-8-10-31-11-9-27/h4-7,12-15H,3,8-11H2,1-2H3. The van der Waals surface area contributed by atoms with Gasteiger partial charge in [-0.2, -0.15) is 0 Å². The molecule has 0 atom stereocenters. The van der Waals surface area contributed by atoms with E-state index < -0.39 is 6.09 Å². The van der Waals surface area contributed by atoms with Crippen LogP contribution in [0, 0.1) is 0 Å². The van der Waals surface area contributed by atoms with Crippen molar-refractivity contribution in [3.63, 3.8) is 0 Å². The first-order valence-electron chi connectivity index (χ1n) is 10.9. The summed E-state index contributed by atoms with van der Waals surface area (Å²) in [5.41, 5.74) is 2.34. The van der Waals surface area contributed by atoms with Gasteiger partial charge in [-0.25, -0.2) is 4.79 Å². The zero-order valence-corrected chi connectivity index (χ0v) is 18.5. The number of Topliss-reactive ketones (excluding diaryl/α,β-unsaturated/α-hetero) is 1. The molecule has 3 aromatic rings. The quantitative estimate of drug-likeness (QED) is 0.559. The Kier molecular flexibility index (Phi) is 5.51. The predicted octanol–water partition coefficient (Wildman–Crippen LogP) is 4.12. The highest BCUT2D eigenvalue weighted by Crippen LogP contribution is 2.36. The zero-order chi connectivity index (χ0) is 22.9. The highest BCUT2D eigenvalue weighted by Gasteiger charge is 2.29. The number of rotatable bonds is 4. The van der Waals surface area contributed by atoms with Crippen molar-refractivity contribution in [2.24, 2.45) is 0 Å². The maximum Gasteiger partial charge on any atom is 0.415 e. The lowest BCUT2D eigenvalue weighted by Gasteiger charge is -2.25. The number of hydrogen-bond donors (Lipinski definition) is 0. The lowest BCUT2D eigenvalue weighted by atomic mass is 10.1. The minimum absolute atomic E-state index is 0.212. The number of methoxy groups -OCH3 is 1. The van der Waals surface area contributed by atoms with E-state index in [-0.39, 0.29) is 11.5 Å². The summed E-state index contributed by atoms with van der Waals surface area (Å²) >= 11 is 0. The Morgan fingerprint density at radius 3 is 2.67 bits per heavy atom. The van der Waals surface area contributed by atoms with E-state index in [0.717, 1.165) is 28.8 Å². The molecular weight excluding hydrogens is 424 g/mol. The van der Waals surface area contributed by atoms with Gasteiger partial charge in [0.2, 0.25) is 5.78 Å². The first kappa shape index (κ1) is 21.1. The summed E-state index contributed by atoms with van der Waals surface area (Å²) in [7, 11) is 1.62. The Hall–Kier alpha value is -3.78. The van der Waals surface area contributed by atoms with Crippen molar-refractivity contribution in [2.45, 2.75) is 13.5 Å². The second-order valence-corrected chi connectivity index (χ2v) is 7.82. The van der Waals surface area contributed by atoms with Crippen molar-refractivity contribution in [1.82, 2.24) is 9.47 Å². The highest BCUT2D eigenvalue weighted by molar-refractivity contribution is 6.15. The molecule has 0 aliphatic carbocycles. The van der Waals surface area contributed by atoms with E-state index in [2.05, 4.69) is 11.5 Å². The van der Waals surface area contributed by atoms with Crippen molar-refractivity contribution in [3.8, 4) is 17.2 Å². The fourth-order valence-corrected chi connectivity index (χ4v) is 4.09. The lowest BCUT2D eigenvalue weighted by Crippen LogP contribution is -2.42. The number of aryl methyl sites for hydroxylation is 1. The normalized spacial score (nSPS) is 16.7. The first-order valence-corrected chi connectivity index (χ1v) is 10.9. The number of morpholine rings is 1. The van der Waals surface area contributed by atoms with Crippen LogP contribution in [-0.2, 0) is 11.3 Å². The van der Waals surface area contributed by atoms with E-state index in [4.69, 9.17) is 18.9 Å². The number of allylic oxidation sites excluding steroid dienone is 1. The molecule has 170 valence electrons. The van der Waals surface area contributed by atoms with Crippen molar-refractivity contribution in [3.05, 3.63) is 59.5 Å². The molecule has 5 rings (SSSR count). The molecule has 0 saturated carbocycles. The third-order valence-corrected chi connectivity index (χ3v) is 5.86. The van der Waals surface area contributed by atoms with Gasteiger partial charge in [-0.1, -0.05) is 0 Å². The number of fused-ring (bicyclic) bond motifs is 2. The predicted molar refractivity (Wildman–Crippen MR) is 122 cm³/mol. The summed E-state index contributed by atoms with van der Waals surface area (Å²) in [6, 6.07) is 10.7. The number of carbonyl (C=O) groups excluding carboxylic acids is 2. The molecule has 0 spiro atoms. The Labute approximate surface area is 190 Å². The lowest BCUT2D eigenvalue weighted by molar-refractivity contribution is 0.0416. The molecule has 0 bridgehead atoms. The van der Waals surface area contributed by atoms with Gasteiger partial charge < -0.3 is 28.4 Å². The van der Waals surface area contributed by atoms with Crippen LogP contribution in [0.5, 0.6) is 17.2 Å².